The Kier molecular flexibility index (Phi) is 7.43. The van der Waals surface area contributed by atoms with Gasteiger partial charge in [0.05, 0.1) is 10.7 Å². The van der Waals surface area contributed by atoms with E-state index in [0.717, 1.165) is 25.1 Å². The Morgan fingerprint density at radius 1 is 1.42 bits per heavy atom. The zero-order valence-corrected chi connectivity index (χ0v) is 15.6. The lowest BCUT2D eigenvalue weighted by molar-refractivity contribution is -0.114. The lowest BCUT2D eigenvalue weighted by Crippen LogP contribution is -2.51. The second kappa shape index (κ2) is 8.44. The van der Waals surface area contributed by atoms with E-state index in [2.05, 4.69) is 15.4 Å². The van der Waals surface area contributed by atoms with E-state index in [1.165, 1.54) is 6.92 Å². The maximum absolute atomic E-state index is 14.2. The van der Waals surface area contributed by atoms with Crippen molar-refractivity contribution >= 4 is 45.6 Å². The average Bonchev–Trinajstić information content (AvgIpc) is 2.44. The molecule has 3 N–H and O–H groups in total. The second-order valence-electron chi connectivity index (χ2n) is 5.56. The van der Waals surface area contributed by atoms with Crippen LogP contribution in [0.4, 0.5) is 10.1 Å². The predicted octanol–water partition coefficient (Wildman–Crippen LogP) is 2.28. The van der Waals surface area contributed by atoms with Gasteiger partial charge in [0.1, 0.15) is 10.7 Å². The highest BCUT2D eigenvalue weighted by Crippen LogP contribution is 2.28. The quantitative estimate of drug-likeness (QED) is 0.724. The van der Waals surface area contributed by atoms with Crippen LogP contribution in [0.3, 0.4) is 0 Å². The van der Waals surface area contributed by atoms with Crippen LogP contribution in [0.2, 0.25) is 5.02 Å². The molecule has 2 rings (SSSR count). The number of halogens is 3. The molecule has 2 atom stereocenters. The molecule has 1 amide bonds. The fraction of sp³-hybridized carbons (Fsp3) is 0.500. The van der Waals surface area contributed by atoms with Crippen molar-refractivity contribution in [3.8, 4) is 0 Å². The van der Waals surface area contributed by atoms with E-state index in [1.54, 1.807) is 0 Å². The number of anilines is 1. The van der Waals surface area contributed by atoms with Crippen molar-refractivity contribution in [2.45, 2.75) is 43.7 Å². The molecular formula is C14H20Cl2FN3O3S. The number of nitrogens with one attached hydrogen (secondary N) is 3. The summed E-state index contributed by atoms with van der Waals surface area (Å²) in [6, 6.07) is 1.55. The first-order valence-corrected chi connectivity index (χ1v) is 9.09. The summed E-state index contributed by atoms with van der Waals surface area (Å²) >= 11 is 5.94. The van der Waals surface area contributed by atoms with Crippen LogP contribution in [0, 0.1) is 5.82 Å². The van der Waals surface area contributed by atoms with Crippen LogP contribution in [0.5, 0.6) is 0 Å². The highest BCUT2D eigenvalue weighted by molar-refractivity contribution is 7.89. The molecule has 10 heteroatoms. The molecule has 0 bridgehead atoms. The highest BCUT2D eigenvalue weighted by atomic mass is 35.5. The van der Waals surface area contributed by atoms with Gasteiger partial charge in [0.25, 0.3) is 0 Å². The molecule has 2 unspecified atom stereocenters. The number of hydrogen-bond donors (Lipinski definition) is 3. The Hall–Kier alpha value is -0.930. The normalized spacial score (nSPS) is 21.0. The van der Waals surface area contributed by atoms with Gasteiger partial charge in [0.15, 0.2) is 0 Å². The summed E-state index contributed by atoms with van der Waals surface area (Å²) < 4.78 is 41.6. The van der Waals surface area contributed by atoms with Gasteiger partial charge < -0.3 is 10.6 Å². The van der Waals surface area contributed by atoms with Crippen LogP contribution < -0.4 is 15.4 Å². The van der Waals surface area contributed by atoms with Gasteiger partial charge in [-0.3, -0.25) is 4.79 Å². The molecule has 1 aromatic rings. The molecule has 136 valence electrons. The van der Waals surface area contributed by atoms with E-state index in [1.807, 2.05) is 6.92 Å². The fourth-order valence-corrected chi connectivity index (χ4v) is 4.20. The first-order chi connectivity index (χ1) is 10.7. The number of amides is 1. The zero-order valence-electron chi connectivity index (χ0n) is 13.2. The van der Waals surface area contributed by atoms with Crippen molar-refractivity contribution in [1.82, 2.24) is 10.0 Å². The molecule has 0 radical (unpaired) electrons. The first-order valence-electron chi connectivity index (χ1n) is 7.23. The molecule has 1 saturated heterocycles. The van der Waals surface area contributed by atoms with Crippen molar-refractivity contribution < 1.29 is 17.6 Å². The molecule has 1 aliphatic rings. The van der Waals surface area contributed by atoms with Gasteiger partial charge in [-0.2, -0.15) is 0 Å². The first kappa shape index (κ1) is 21.1. The Balaban J connectivity index is 0.00000288. The van der Waals surface area contributed by atoms with Crippen LogP contribution in [0.25, 0.3) is 0 Å². The van der Waals surface area contributed by atoms with Gasteiger partial charge >= 0.3 is 0 Å². The van der Waals surface area contributed by atoms with Crippen molar-refractivity contribution in [2.24, 2.45) is 0 Å². The summed E-state index contributed by atoms with van der Waals surface area (Å²) in [6.45, 7) is 3.94. The fourth-order valence-electron chi connectivity index (χ4n) is 2.49. The number of benzene rings is 1. The van der Waals surface area contributed by atoms with Crippen molar-refractivity contribution in [1.29, 1.82) is 0 Å². The van der Waals surface area contributed by atoms with E-state index < -0.39 is 26.6 Å². The lowest BCUT2D eigenvalue weighted by Gasteiger charge is -2.30. The second-order valence-corrected chi connectivity index (χ2v) is 7.65. The summed E-state index contributed by atoms with van der Waals surface area (Å²) in [5, 5.41) is 5.47. The topological polar surface area (TPSA) is 87.3 Å². The summed E-state index contributed by atoms with van der Waals surface area (Å²) in [5.41, 5.74) is 0.0308. The Morgan fingerprint density at radius 3 is 2.67 bits per heavy atom. The van der Waals surface area contributed by atoms with Gasteiger partial charge in [0.2, 0.25) is 15.9 Å². The maximum Gasteiger partial charge on any atom is 0.243 e. The Labute approximate surface area is 152 Å². The number of carbonyl (C=O) groups excluding carboxylic acids is 1. The molecule has 0 saturated carbocycles. The molecule has 0 aromatic heterocycles. The van der Waals surface area contributed by atoms with Gasteiger partial charge in [-0.15, -0.1) is 12.4 Å². The molecule has 6 nitrogen and oxygen atoms in total. The number of hydrogen-bond acceptors (Lipinski definition) is 4. The minimum atomic E-state index is -4.05. The minimum Gasteiger partial charge on any atom is -0.325 e. The molecule has 1 fully saturated rings. The number of carbonyl (C=O) groups is 1. The molecule has 0 aliphatic carbocycles. The van der Waals surface area contributed by atoms with Crippen LogP contribution in [0.15, 0.2) is 17.0 Å². The van der Waals surface area contributed by atoms with E-state index in [9.17, 15) is 17.6 Å². The third-order valence-electron chi connectivity index (χ3n) is 3.69. The van der Waals surface area contributed by atoms with E-state index in [0.29, 0.717) is 6.42 Å². The monoisotopic (exact) mass is 399 g/mol. The van der Waals surface area contributed by atoms with Crippen molar-refractivity contribution in [3.63, 3.8) is 0 Å². The molecular weight excluding hydrogens is 380 g/mol. The number of piperidine rings is 1. The van der Waals surface area contributed by atoms with Crippen LogP contribution in [0.1, 0.15) is 26.7 Å². The number of rotatable bonds is 4. The third-order valence-corrected chi connectivity index (χ3v) is 5.51. The van der Waals surface area contributed by atoms with E-state index in [-0.39, 0.29) is 35.2 Å². The van der Waals surface area contributed by atoms with Crippen LogP contribution >= 0.6 is 24.0 Å². The summed E-state index contributed by atoms with van der Waals surface area (Å²) in [7, 11) is -4.05. The van der Waals surface area contributed by atoms with Gasteiger partial charge in [-0.1, -0.05) is 11.6 Å². The van der Waals surface area contributed by atoms with Crippen LogP contribution in [-0.2, 0) is 14.8 Å². The summed E-state index contributed by atoms with van der Waals surface area (Å²) in [5.74, 6) is -1.40. The largest absolute Gasteiger partial charge is 0.325 e. The van der Waals surface area contributed by atoms with Crippen LogP contribution in [-0.4, -0.2) is 33.0 Å². The smallest absolute Gasteiger partial charge is 0.243 e. The molecule has 24 heavy (non-hydrogen) atoms. The highest BCUT2D eigenvalue weighted by Gasteiger charge is 2.29. The van der Waals surface area contributed by atoms with Gasteiger partial charge in [-0.25, -0.2) is 17.5 Å². The molecule has 0 spiro atoms. The summed E-state index contributed by atoms with van der Waals surface area (Å²) in [4.78, 5) is 10.5. The zero-order chi connectivity index (χ0) is 17.2. The average molecular weight is 400 g/mol. The van der Waals surface area contributed by atoms with E-state index in [4.69, 9.17) is 11.6 Å². The number of sulfonamides is 1. The standard InChI is InChI=1S/C14H19ClFN3O3S.ClH/c1-8-12(4-3-5-17-8)19-23(21,22)14-6-10(15)13(7-11(14)16)18-9(2)20;/h6-8,12,17,19H,3-5H2,1-2H3,(H,18,20);1H. The molecule has 1 aliphatic heterocycles. The third kappa shape index (κ3) is 5.03. The SMILES string of the molecule is CC(=O)Nc1cc(F)c(S(=O)(=O)NC2CCCNC2C)cc1Cl.Cl. The van der Waals surface area contributed by atoms with E-state index >= 15 is 0 Å². The predicted molar refractivity (Wildman–Crippen MR) is 93.8 cm³/mol. The maximum atomic E-state index is 14.2. The summed E-state index contributed by atoms with van der Waals surface area (Å²) in [6.07, 6.45) is 1.51. The van der Waals surface area contributed by atoms with Crippen molar-refractivity contribution in [3.05, 3.63) is 23.0 Å². The Bertz CT molecular complexity index is 715. The lowest BCUT2D eigenvalue weighted by atomic mass is 10.0. The van der Waals surface area contributed by atoms with Gasteiger partial charge in [0, 0.05) is 25.1 Å². The molecule has 1 heterocycles. The molecule has 1 aromatic carbocycles. The minimum absolute atomic E-state index is 0. The Morgan fingerprint density at radius 2 is 2.08 bits per heavy atom. The van der Waals surface area contributed by atoms with Gasteiger partial charge in [-0.05, 0) is 32.4 Å². The van der Waals surface area contributed by atoms with Crippen molar-refractivity contribution in [2.75, 3.05) is 11.9 Å².